The second-order valence-electron chi connectivity index (χ2n) is 8.40. The summed E-state index contributed by atoms with van der Waals surface area (Å²) < 4.78 is 38.5. The van der Waals surface area contributed by atoms with Crippen molar-refractivity contribution in [3.05, 3.63) is 42.1 Å². The molecular formula is C23H25F3N4O3. The van der Waals surface area contributed by atoms with Crippen molar-refractivity contribution in [2.75, 3.05) is 18.0 Å². The molecule has 0 radical (unpaired) electrons. The zero-order valence-electron chi connectivity index (χ0n) is 17.8. The lowest BCUT2D eigenvalue weighted by Crippen LogP contribution is -2.36. The first-order chi connectivity index (χ1) is 15.7. The van der Waals surface area contributed by atoms with E-state index in [1.54, 1.807) is 6.20 Å². The molecule has 1 saturated carbocycles. The van der Waals surface area contributed by atoms with Crippen LogP contribution >= 0.6 is 0 Å². The molecule has 2 aromatic heterocycles. The van der Waals surface area contributed by atoms with E-state index in [0.717, 1.165) is 50.3 Å². The maximum Gasteiger partial charge on any atom is 0.416 e. The van der Waals surface area contributed by atoms with Crippen LogP contribution in [0.2, 0.25) is 0 Å². The number of halogens is 3. The molecule has 0 bridgehead atoms. The first-order valence-electron chi connectivity index (χ1n) is 10.9. The number of aliphatic hydroxyl groups is 1. The average Bonchev–Trinajstić information content (AvgIpc) is 3.16. The number of benzene rings is 1. The van der Waals surface area contributed by atoms with Gasteiger partial charge in [0.15, 0.2) is 0 Å². The minimum atomic E-state index is -4.38. The number of imidazole rings is 1. The molecule has 1 saturated heterocycles. The van der Waals surface area contributed by atoms with Gasteiger partial charge in [-0.1, -0.05) is 6.42 Å². The van der Waals surface area contributed by atoms with E-state index in [-0.39, 0.29) is 12.0 Å². The molecule has 10 heteroatoms. The number of carbonyl (C=O) groups is 1. The summed E-state index contributed by atoms with van der Waals surface area (Å²) in [5.41, 5.74) is 0.808. The third kappa shape index (κ3) is 5.44. The van der Waals surface area contributed by atoms with E-state index >= 15 is 0 Å². The van der Waals surface area contributed by atoms with Crippen LogP contribution in [0.15, 0.2) is 36.5 Å². The third-order valence-corrected chi connectivity index (χ3v) is 6.07. The summed E-state index contributed by atoms with van der Waals surface area (Å²) in [5.74, 6) is 0.676. The minimum absolute atomic E-state index is 0.000000000000000444. The van der Waals surface area contributed by atoms with Crippen molar-refractivity contribution in [3.63, 3.8) is 0 Å². The Morgan fingerprint density at radius 1 is 1.09 bits per heavy atom. The normalized spacial score (nSPS) is 17.4. The van der Waals surface area contributed by atoms with Gasteiger partial charge >= 0.3 is 12.1 Å². The van der Waals surface area contributed by atoms with Crippen LogP contribution in [0.5, 0.6) is 0 Å². The summed E-state index contributed by atoms with van der Waals surface area (Å²) in [6.45, 7) is 1.50. The SMILES string of the molecule is O=C(O)C1CCC1.OC1CCN(c2ccc(-c3nc4ccc(C(F)(F)F)cc4[nH]3)cn2)CC1. The molecule has 0 atom stereocenters. The predicted molar refractivity (Wildman–Crippen MR) is 117 cm³/mol. The van der Waals surface area contributed by atoms with Gasteiger partial charge in [0.25, 0.3) is 0 Å². The molecule has 1 aromatic carbocycles. The van der Waals surface area contributed by atoms with Gasteiger partial charge in [-0.3, -0.25) is 4.79 Å². The van der Waals surface area contributed by atoms with Crippen molar-refractivity contribution in [1.29, 1.82) is 0 Å². The Kier molecular flexibility index (Phi) is 6.55. The number of H-pyrrole nitrogens is 1. The van der Waals surface area contributed by atoms with E-state index in [0.29, 0.717) is 35.3 Å². The number of alkyl halides is 3. The molecule has 176 valence electrons. The van der Waals surface area contributed by atoms with Gasteiger partial charge < -0.3 is 20.1 Å². The van der Waals surface area contributed by atoms with Gasteiger partial charge in [0.2, 0.25) is 0 Å². The number of carboxylic acid groups (broad SMARTS) is 1. The third-order valence-electron chi connectivity index (χ3n) is 6.07. The largest absolute Gasteiger partial charge is 0.481 e. The lowest BCUT2D eigenvalue weighted by Gasteiger charge is -2.30. The van der Waals surface area contributed by atoms with Gasteiger partial charge in [-0.15, -0.1) is 0 Å². The van der Waals surface area contributed by atoms with Crippen LogP contribution in [0, 0.1) is 5.92 Å². The Morgan fingerprint density at radius 2 is 1.82 bits per heavy atom. The van der Waals surface area contributed by atoms with Crippen molar-refractivity contribution >= 4 is 22.8 Å². The van der Waals surface area contributed by atoms with Gasteiger partial charge in [-0.2, -0.15) is 13.2 Å². The summed E-state index contributed by atoms with van der Waals surface area (Å²) in [4.78, 5) is 23.8. The number of nitrogens with zero attached hydrogens (tertiary/aromatic N) is 3. The second kappa shape index (κ2) is 9.38. The molecular weight excluding hydrogens is 437 g/mol. The molecule has 0 unspecified atom stereocenters. The smallest absolute Gasteiger partial charge is 0.416 e. The van der Waals surface area contributed by atoms with Crippen LogP contribution < -0.4 is 4.90 Å². The quantitative estimate of drug-likeness (QED) is 0.531. The molecule has 33 heavy (non-hydrogen) atoms. The van der Waals surface area contributed by atoms with Crippen molar-refractivity contribution in [3.8, 4) is 11.4 Å². The number of hydrogen-bond acceptors (Lipinski definition) is 5. The highest BCUT2D eigenvalue weighted by molar-refractivity contribution is 5.80. The summed E-state index contributed by atoms with van der Waals surface area (Å²) in [6.07, 6.45) is 1.36. The summed E-state index contributed by atoms with van der Waals surface area (Å²) >= 11 is 0. The first-order valence-corrected chi connectivity index (χ1v) is 10.9. The van der Waals surface area contributed by atoms with Crippen LogP contribution in [-0.2, 0) is 11.0 Å². The van der Waals surface area contributed by atoms with E-state index in [1.807, 2.05) is 12.1 Å². The predicted octanol–water partition coefficient (Wildman–Crippen LogP) is 4.48. The monoisotopic (exact) mass is 462 g/mol. The molecule has 2 aliphatic rings. The number of aliphatic carboxylic acids is 1. The van der Waals surface area contributed by atoms with E-state index in [1.165, 1.54) is 6.07 Å². The van der Waals surface area contributed by atoms with Crippen LogP contribution in [0.25, 0.3) is 22.4 Å². The van der Waals surface area contributed by atoms with Crippen molar-refractivity contribution in [2.24, 2.45) is 5.92 Å². The minimum Gasteiger partial charge on any atom is -0.481 e. The first kappa shape index (κ1) is 23.0. The number of aliphatic hydroxyl groups excluding tert-OH is 1. The number of anilines is 1. The standard InChI is InChI=1S/C18H17F3N4O.C5H8O2/c19-18(20,21)12-2-3-14-15(9-12)24-17(23-14)11-1-4-16(22-10-11)25-7-5-13(26)6-8-25;6-5(7)4-2-1-3-4/h1-4,9-10,13,26H,5-8H2,(H,23,24);4H,1-3H2,(H,6,7). The van der Waals surface area contributed by atoms with Gasteiger partial charge in [0.05, 0.1) is 28.6 Å². The number of aromatic nitrogens is 3. The average molecular weight is 462 g/mol. The van der Waals surface area contributed by atoms with Crippen LogP contribution in [0.4, 0.5) is 19.0 Å². The molecule has 1 aliphatic heterocycles. The van der Waals surface area contributed by atoms with Gasteiger partial charge in [0, 0.05) is 24.8 Å². The van der Waals surface area contributed by atoms with E-state index in [2.05, 4.69) is 19.9 Å². The maximum atomic E-state index is 12.8. The fourth-order valence-electron chi connectivity index (χ4n) is 3.79. The number of hydrogen-bond donors (Lipinski definition) is 3. The highest BCUT2D eigenvalue weighted by atomic mass is 19.4. The Labute approximate surface area is 188 Å². The number of aromatic amines is 1. The van der Waals surface area contributed by atoms with Crippen molar-refractivity contribution in [1.82, 2.24) is 15.0 Å². The molecule has 0 spiro atoms. The Morgan fingerprint density at radius 3 is 2.33 bits per heavy atom. The van der Waals surface area contributed by atoms with Crippen molar-refractivity contribution in [2.45, 2.75) is 44.4 Å². The topological polar surface area (TPSA) is 102 Å². The number of pyridine rings is 1. The Bertz CT molecular complexity index is 1100. The van der Waals surface area contributed by atoms with Crippen LogP contribution in [0.1, 0.15) is 37.7 Å². The van der Waals surface area contributed by atoms with Gasteiger partial charge in [-0.25, -0.2) is 9.97 Å². The van der Waals surface area contributed by atoms with Crippen LogP contribution in [0.3, 0.4) is 0 Å². The zero-order valence-corrected chi connectivity index (χ0v) is 17.8. The Hall–Kier alpha value is -3.14. The molecule has 0 amide bonds. The number of fused-ring (bicyclic) bond motifs is 1. The molecule has 5 rings (SSSR count). The van der Waals surface area contributed by atoms with E-state index in [9.17, 15) is 23.1 Å². The summed E-state index contributed by atoms with van der Waals surface area (Å²) in [5, 5.41) is 17.8. The highest BCUT2D eigenvalue weighted by Gasteiger charge is 2.30. The van der Waals surface area contributed by atoms with E-state index < -0.39 is 17.7 Å². The number of carboxylic acids is 1. The second-order valence-corrected chi connectivity index (χ2v) is 8.40. The molecule has 7 nitrogen and oxygen atoms in total. The fraction of sp³-hybridized carbons (Fsp3) is 0.435. The van der Waals surface area contributed by atoms with Gasteiger partial charge in [-0.05, 0) is 56.0 Å². The van der Waals surface area contributed by atoms with E-state index in [4.69, 9.17) is 5.11 Å². The Balaban J connectivity index is 0.000000318. The lowest BCUT2D eigenvalue weighted by atomic mass is 9.86. The molecule has 3 heterocycles. The summed E-state index contributed by atoms with van der Waals surface area (Å²) in [7, 11) is 0. The number of rotatable bonds is 3. The van der Waals surface area contributed by atoms with Crippen molar-refractivity contribution < 1.29 is 28.2 Å². The molecule has 1 aliphatic carbocycles. The van der Waals surface area contributed by atoms with Crippen LogP contribution in [-0.4, -0.2) is 50.3 Å². The molecule has 3 N–H and O–H groups in total. The lowest BCUT2D eigenvalue weighted by molar-refractivity contribution is -0.144. The molecule has 2 fully saturated rings. The maximum absolute atomic E-state index is 12.8. The molecule has 3 aromatic rings. The summed E-state index contributed by atoms with van der Waals surface area (Å²) in [6, 6.07) is 7.15. The van der Waals surface area contributed by atoms with Gasteiger partial charge in [0.1, 0.15) is 11.6 Å². The fourth-order valence-corrected chi connectivity index (χ4v) is 3.79. The number of nitrogens with one attached hydrogen (secondary N) is 1. The zero-order chi connectivity index (χ0) is 23.6. The highest BCUT2D eigenvalue weighted by Crippen LogP contribution is 2.32. The number of piperidine rings is 1.